The largest absolute Gasteiger partial charge is 0.396 e. The number of hydrogen-bond acceptors (Lipinski definition) is 3. The molecule has 0 aliphatic heterocycles. The molecule has 0 unspecified atom stereocenters. The smallest absolute Gasteiger partial charge is 0.155 e. The first-order valence-corrected chi connectivity index (χ1v) is 10.4. The Kier molecular flexibility index (Phi) is 4.20. The van der Waals surface area contributed by atoms with Gasteiger partial charge < -0.3 is 10.2 Å². The van der Waals surface area contributed by atoms with Gasteiger partial charge in [0.1, 0.15) is 0 Å². The molecular formula is C22H34O3. The first kappa shape index (κ1) is 17.7. The molecule has 0 heterocycles. The molecule has 4 rings (SSSR count). The predicted octanol–water partition coefficient (Wildman–Crippen LogP) is 4.02. The topological polar surface area (TPSA) is 57.5 Å². The van der Waals surface area contributed by atoms with Gasteiger partial charge in [0, 0.05) is 13.0 Å². The SMILES string of the molecule is C[C@]12CCC(=O)C=C1CC[C@@H]1[C@@H]2CC[C@@]2(C)[C@H]1CC[C@@]2(O)CCCO. The maximum absolute atomic E-state index is 11.9. The molecule has 3 heteroatoms. The van der Waals surface area contributed by atoms with E-state index in [0.717, 1.165) is 38.5 Å². The molecule has 0 spiro atoms. The van der Waals surface area contributed by atoms with Crippen LogP contribution in [-0.4, -0.2) is 28.2 Å². The summed E-state index contributed by atoms with van der Waals surface area (Å²) in [6, 6.07) is 0. The Morgan fingerprint density at radius 2 is 1.84 bits per heavy atom. The van der Waals surface area contributed by atoms with Crippen LogP contribution in [0.25, 0.3) is 0 Å². The van der Waals surface area contributed by atoms with Crippen molar-refractivity contribution in [2.75, 3.05) is 6.61 Å². The van der Waals surface area contributed by atoms with E-state index in [9.17, 15) is 15.0 Å². The van der Waals surface area contributed by atoms with Crippen LogP contribution in [0.3, 0.4) is 0 Å². The first-order chi connectivity index (χ1) is 11.8. The predicted molar refractivity (Wildman–Crippen MR) is 98.0 cm³/mol. The third-order valence-corrected chi connectivity index (χ3v) is 9.03. The molecule has 0 aromatic rings. The molecule has 0 aromatic heterocycles. The van der Waals surface area contributed by atoms with Crippen molar-refractivity contribution in [1.82, 2.24) is 0 Å². The van der Waals surface area contributed by atoms with Gasteiger partial charge >= 0.3 is 0 Å². The Morgan fingerprint density at radius 1 is 1.08 bits per heavy atom. The van der Waals surface area contributed by atoms with E-state index in [4.69, 9.17) is 0 Å². The lowest BCUT2D eigenvalue weighted by Gasteiger charge is -2.59. The fourth-order valence-corrected chi connectivity index (χ4v) is 7.45. The van der Waals surface area contributed by atoms with E-state index >= 15 is 0 Å². The summed E-state index contributed by atoms with van der Waals surface area (Å²) in [6.07, 6.45) is 11.7. The van der Waals surface area contributed by atoms with Crippen molar-refractivity contribution in [1.29, 1.82) is 0 Å². The average molecular weight is 347 g/mol. The minimum absolute atomic E-state index is 0.00536. The molecule has 0 amide bonds. The summed E-state index contributed by atoms with van der Waals surface area (Å²) >= 11 is 0. The van der Waals surface area contributed by atoms with Crippen molar-refractivity contribution in [3.8, 4) is 0 Å². The molecule has 3 fully saturated rings. The van der Waals surface area contributed by atoms with Gasteiger partial charge in [-0.05, 0) is 92.4 Å². The van der Waals surface area contributed by atoms with Crippen LogP contribution in [0, 0.1) is 28.6 Å². The van der Waals surface area contributed by atoms with Crippen molar-refractivity contribution in [2.24, 2.45) is 28.6 Å². The zero-order valence-electron chi connectivity index (χ0n) is 15.9. The summed E-state index contributed by atoms with van der Waals surface area (Å²) in [6.45, 7) is 4.92. The highest BCUT2D eigenvalue weighted by atomic mass is 16.3. The van der Waals surface area contributed by atoms with Gasteiger partial charge in [-0.1, -0.05) is 19.4 Å². The molecule has 2 N–H and O–H groups in total. The van der Waals surface area contributed by atoms with Gasteiger partial charge in [-0.25, -0.2) is 0 Å². The minimum Gasteiger partial charge on any atom is -0.396 e. The van der Waals surface area contributed by atoms with E-state index < -0.39 is 5.60 Å². The van der Waals surface area contributed by atoms with E-state index in [1.165, 1.54) is 18.4 Å². The Hall–Kier alpha value is -0.670. The average Bonchev–Trinajstić information content (AvgIpc) is 2.85. The second-order valence-electron chi connectivity index (χ2n) is 9.82. The summed E-state index contributed by atoms with van der Waals surface area (Å²) in [7, 11) is 0. The second-order valence-corrected chi connectivity index (χ2v) is 9.82. The molecule has 25 heavy (non-hydrogen) atoms. The van der Waals surface area contributed by atoms with Crippen LogP contribution in [0.5, 0.6) is 0 Å². The van der Waals surface area contributed by atoms with Gasteiger partial charge in [0.15, 0.2) is 5.78 Å². The fourth-order valence-electron chi connectivity index (χ4n) is 7.45. The number of rotatable bonds is 3. The highest BCUT2D eigenvalue weighted by Crippen LogP contribution is 2.68. The number of allylic oxidation sites excluding steroid dienone is 1. The van der Waals surface area contributed by atoms with Crippen LogP contribution in [0.2, 0.25) is 0 Å². The third-order valence-electron chi connectivity index (χ3n) is 9.03. The number of carbonyl (C=O) groups is 1. The van der Waals surface area contributed by atoms with Crippen LogP contribution in [-0.2, 0) is 4.79 Å². The Labute approximate surface area is 151 Å². The van der Waals surface area contributed by atoms with Gasteiger partial charge in [-0.15, -0.1) is 0 Å². The summed E-state index contributed by atoms with van der Waals surface area (Å²) in [5.74, 6) is 2.30. The number of carbonyl (C=O) groups excluding carboxylic acids is 1. The highest BCUT2D eigenvalue weighted by molar-refractivity contribution is 5.91. The van der Waals surface area contributed by atoms with Crippen molar-refractivity contribution in [2.45, 2.75) is 83.7 Å². The lowest BCUT2D eigenvalue weighted by molar-refractivity contribution is -0.133. The van der Waals surface area contributed by atoms with E-state index in [0.29, 0.717) is 36.4 Å². The normalized spacial score (nSPS) is 49.2. The van der Waals surface area contributed by atoms with Crippen LogP contribution in [0.1, 0.15) is 78.1 Å². The Morgan fingerprint density at radius 3 is 2.60 bits per heavy atom. The molecule has 0 aromatic carbocycles. The van der Waals surface area contributed by atoms with Crippen molar-refractivity contribution >= 4 is 5.78 Å². The number of fused-ring (bicyclic) bond motifs is 5. The zero-order chi connectivity index (χ0) is 17.9. The van der Waals surface area contributed by atoms with Gasteiger partial charge in [-0.2, -0.15) is 0 Å². The van der Waals surface area contributed by atoms with Gasteiger partial charge in [0.2, 0.25) is 0 Å². The molecule has 140 valence electrons. The Balaban J connectivity index is 1.62. The Bertz CT molecular complexity index is 596. The lowest BCUT2D eigenvalue weighted by Crippen LogP contribution is -2.54. The lowest BCUT2D eigenvalue weighted by atomic mass is 9.46. The van der Waals surface area contributed by atoms with Crippen LogP contribution in [0.15, 0.2) is 11.6 Å². The minimum atomic E-state index is -0.592. The van der Waals surface area contributed by atoms with E-state index in [-0.39, 0.29) is 17.4 Å². The molecule has 6 atom stereocenters. The summed E-state index contributed by atoms with van der Waals surface area (Å²) in [5, 5.41) is 20.7. The molecule has 3 saturated carbocycles. The van der Waals surface area contributed by atoms with E-state index in [2.05, 4.69) is 13.8 Å². The number of aliphatic hydroxyl groups is 2. The molecule has 4 aliphatic carbocycles. The number of hydrogen-bond donors (Lipinski definition) is 2. The summed E-state index contributed by atoms with van der Waals surface area (Å²) in [4.78, 5) is 11.9. The van der Waals surface area contributed by atoms with Crippen molar-refractivity contribution < 1.29 is 15.0 Å². The van der Waals surface area contributed by atoms with Gasteiger partial charge in [-0.3, -0.25) is 4.79 Å². The third kappa shape index (κ3) is 2.41. The molecular weight excluding hydrogens is 312 g/mol. The standard InChI is InChI=1S/C22H34O3/c1-20-10-6-16(24)14-15(20)4-5-17-18(20)7-11-21(2)19(17)8-12-22(21,25)9-3-13-23/h14,17-19,23,25H,3-13H2,1-2H3/t17-,18+,19+,20+,21+,22+/m1/s1. The first-order valence-electron chi connectivity index (χ1n) is 10.4. The van der Waals surface area contributed by atoms with Crippen LogP contribution < -0.4 is 0 Å². The zero-order valence-corrected chi connectivity index (χ0v) is 15.9. The van der Waals surface area contributed by atoms with Gasteiger partial charge in [0.25, 0.3) is 0 Å². The molecule has 0 radical (unpaired) electrons. The molecule has 0 bridgehead atoms. The highest BCUT2D eigenvalue weighted by Gasteiger charge is 2.63. The molecule has 4 aliphatic rings. The maximum Gasteiger partial charge on any atom is 0.155 e. The van der Waals surface area contributed by atoms with Crippen LogP contribution >= 0.6 is 0 Å². The molecule has 0 saturated heterocycles. The number of ketones is 1. The van der Waals surface area contributed by atoms with Gasteiger partial charge in [0.05, 0.1) is 5.60 Å². The summed E-state index contributed by atoms with van der Waals surface area (Å²) < 4.78 is 0. The fraction of sp³-hybridized carbons (Fsp3) is 0.864. The maximum atomic E-state index is 11.9. The second kappa shape index (κ2) is 5.92. The van der Waals surface area contributed by atoms with Crippen LogP contribution in [0.4, 0.5) is 0 Å². The monoisotopic (exact) mass is 346 g/mol. The molecule has 3 nitrogen and oxygen atoms in total. The number of aliphatic hydroxyl groups excluding tert-OH is 1. The van der Waals surface area contributed by atoms with Crippen molar-refractivity contribution in [3.05, 3.63) is 11.6 Å². The van der Waals surface area contributed by atoms with Crippen molar-refractivity contribution in [3.63, 3.8) is 0 Å². The van der Waals surface area contributed by atoms with E-state index in [1.54, 1.807) is 0 Å². The quantitative estimate of drug-likeness (QED) is 0.811. The van der Waals surface area contributed by atoms with E-state index in [1.807, 2.05) is 6.08 Å². The summed E-state index contributed by atoms with van der Waals surface area (Å²) in [5.41, 5.74) is 1.04.